The number of carbonyl (C=O) groups is 3. The molecule has 3 fully saturated rings. The second-order valence-electron chi connectivity index (χ2n) is 16.3. The number of nitrogens with zero attached hydrogens (tertiary/aromatic N) is 6. The molecule has 0 aromatic heterocycles. The first-order chi connectivity index (χ1) is 22.1. The van der Waals surface area contributed by atoms with Crippen molar-refractivity contribution in [1.29, 1.82) is 0 Å². The molecule has 0 bridgehead atoms. The summed E-state index contributed by atoms with van der Waals surface area (Å²) in [6, 6.07) is 0. The fourth-order valence-corrected chi connectivity index (χ4v) is 6.92. The van der Waals surface area contributed by atoms with Crippen LogP contribution < -0.4 is 14.7 Å². The molecule has 48 heavy (non-hydrogen) atoms. The van der Waals surface area contributed by atoms with E-state index in [1.807, 2.05) is 62.3 Å². The predicted molar refractivity (Wildman–Crippen MR) is 191 cm³/mol. The van der Waals surface area contributed by atoms with Crippen LogP contribution in [-0.2, 0) is 14.2 Å². The maximum atomic E-state index is 12.9. The number of benzene rings is 1. The average Bonchev–Trinajstić information content (AvgIpc) is 2.95. The van der Waals surface area contributed by atoms with E-state index in [4.69, 9.17) is 14.2 Å². The summed E-state index contributed by atoms with van der Waals surface area (Å²) in [5, 5.41) is 0. The van der Waals surface area contributed by atoms with E-state index in [0.29, 0.717) is 78.5 Å². The van der Waals surface area contributed by atoms with Crippen molar-refractivity contribution >= 4 is 35.3 Å². The number of hydrogen-bond acceptors (Lipinski definition) is 9. The lowest BCUT2D eigenvalue weighted by atomic mass is 9.95. The summed E-state index contributed by atoms with van der Waals surface area (Å²) in [5.41, 5.74) is 5.58. The van der Waals surface area contributed by atoms with E-state index < -0.39 is 16.8 Å². The number of carbonyl (C=O) groups excluding carboxylic acids is 3. The van der Waals surface area contributed by atoms with Gasteiger partial charge in [0.2, 0.25) is 0 Å². The van der Waals surface area contributed by atoms with E-state index in [-0.39, 0.29) is 18.3 Å². The Labute approximate surface area is 288 Å². The molecular weight excluding hydrogens is 612 g/mol. The Morgan fingerprint density at radius 1 is 0.396 bits per heavy atom. The van der Waals surface area contributed by atoms with Crippen LogP contribution in [0.5, 0.6) is 0 Å². The van der Waals surface area contributed by atoms with Gasteiger partial charge in [0.1, 0.15) is 16.8 Å². The third-order valence-corrected chi connectivity index (χ3v) is 8.87. The first kappa shape index (κ1) is 37.3. The molecule has 3 aliphatic heterocycles. The zero-order chi connectivity index (χ0) is 35.8. The molecule has 0 spiro atoms. The van der Waals surface area contributed by atoms with Crippen LogP contribution in [0.2, 0.25) is 0 Å². The molecule has 4 rings (SSSR count). The molecular formula is C36H60N6O6. The minimum Gasteiger partial charge on any atom is -0.444 e. The Morgan fingerprint density at radius 2 is 0.583 bits per heavy atom. The predicted octanol–water partition coefficient (Wildman–Crippen LogP) is 5.78. The van der Waals surface area contributed by atoms with Gasteiger partial charge in [0, 0.05) is 95.6 Å². The van der Waals surface area contributed by atoms with Gasteiger partial charge < -0.3 is 43.6 Å². The summed E-state index contributed by atoms with van der Waals surface area (Å²) in [6.07, 6.45) is -0.815. The average molecular weight is 673 g/mol. The second-order valence-corrected chi connectivity index (χ2v) is 16.3. The summed E-state index contributed by atoms with van der Waals surface area (Å²) < 4.78 is 17.0. The van der Waals surface area contributed by atoms with Gasteiger partial charge >= 0.3 is 18.3 Å². The first-order valence-electron chi connectivity index (χ1n) is 17.5. The van der Waals surface area contributed by atoms with Crippen LogP contribution in [0.1, 0.15) is 79.0 Å². The van der Waals surface area contributed by atoms with Gasteiger partial charge in [-0.15, -0.1) is 0 Å². The number of rotatable bonds is 3. The Bertz CT molecular complexity index is 1150. The lowest BCUT2D eigenvalue weighted by Crippen LogP contribution is -2.52. The Balaban J connectivity index is 1.62. The summed E-state index contributed by atoms with van der Waals surface area (Å²) in [6.45, 7) is 31.3. The van der Waals surface area contributed by atoms with Crippen molar-refractivity contribution in [3.8, 4) is 0 Å². The Hall–Kier alpha value is -3.57. The van der Waals surface area contributed by atoms with Gasteiger partial charge in [-0.25, -0.2) is 14.4 Å². The van der Waals surface area contributed by atoms with Crippen molar-refractivity contribution in [2.24, 2.45) is 0 Å². The van der Waals surface area contributed by atoms with Gasteiger partial charge in [0.15, 0.2) is 0 Å². The molecule has 0 N–H and O–H groups in total. The molecule has 3 heterocycles. The van der Waals surface area contributed by atoms with Crippen LogP contribution in [0, 0.1) is 20.8 Å². The van der Waals surface area contributed by atoms with Crippen molar-refractivity contribution < 1.29 is 28.6 Å². The quantitative estimate of drug-likeness (QED) is 0.370. The van der Waals surface area contributed by atoms with Crippen LogP contribution in [0.25, 0.3) is 0 Å². The van der Waals surface area contributed by atoms with Crippen LogP contribution in [0.4, 0.5) is 31.4 Å². The molecule has 0 aliphatic carbocycles. The Kier molecular flexibility index (Phi) is 11.0. The molecule has 3 aliphatic rings. The summed E-state index contributed by atoms with van der Waals surface area (Å²) in [7, 11) is 0. The van der Waals surface area contributed by atoms with Gasteiger partial charge in [-0.2, -0.15) is 0 Å². The van der Waals surface area contributed by atoms with Crippen molar-refractivity contribution in [1.82, 2.24) is 14.7 Å². The minimum atomic E-state index is -0.539. The van der Waals surface area contributed by atoms with Crippen LogP contribution in [-0.4, -0.2) is 128 Å². The van der Waals surface area contributed by atoms with E-state index in [1.165, 1.54) is 33.8 Å². The SMILES string of the molecule is Cc1c(N2CCN(C(=O)OC(C)(C)C)CC2)c(C)c(N2CCN(C(=O)OC(C)(C)C)CC2)c(C)c1N1CCN(C(=O)OC(C)(C)C)CC1. The Morgan fingerprint density at radius 3 is 0.750 bits per heavy atom. The highest BCUT2D eigenvalue weighted by Crippen LogP contribution is 2.44. The highest BCUT2D eigenvalue weighted by Gasteiger charge is 2.34. The largest absolute Gasteiger partial charge is 0.444 e. The zero-order valence-corrected chi connectivity index (χ0v) is 31.6. The third-order valence-electron chi connectivity index (χ3n) is 8.87. The van der Waals surface area contributed by atoms with E-state index >= 15 is 0 Å². The van der Waals surface area contributed by atoms with E-state index in [0.717, 1.165) is 0 Å². The van der Waals surface area contributed by atoms with Crippen LogP contribution >= 0.6 is 0 Å². The molecule has 270 valence electrons. The van der Waals surface area contributed by atoms with E-state index in [1.54, 1.807) is 14.7 Å². The minimum absolute atomic E-state index is 0.272. The van der Waals surface area contributed by atoms with Gasteiger partial charge in [-0.3, -0.25) is 0 Å². The first-order valence-corrected chi connectivity index (χ1v) is 17.5. The molecule has 1 aromatic rings. The van der Waals surface area contributed by atoms with Crippen molar-refractivity contribution in [3.05, 3.63) is 16.7 Å². The van der Waals surface area contributed by atoms with Crippen molar-refractivity contribution in [3.63, 3.8) is 0 Å². The molecule has 12 heteroatoms. The molecule has 12 nitrogen and oxygen atoms in total. The monoisotopic (exact) mass is 672 g/mol. The molecule has 0 atom stereocenters. The highest BCUT2D eigenvalue weighted by molar-refractivity contribution is 5.84. The van der Waals surface area contributed by atoms with Gasteiger partial charge in [-0.1, -0.05) is 0 Å². The molecule has 0 radical (unpaired) electrons. The molecule has 0 unspecified atom stereocenters. The summed E-state index contributed by atoms with van der Waals surface area (Å²) in [4.78, 5) is 51.2. The molecule has 0 saturated carbocycles. The number of ether oxygens (including phenoxy) is 3. The highest BCUT2D eigenvalue weighted by atomic mass is 16.6. The topological polar surface area (TPSA) is 98.3 Å². The van der Waals surface area contributed by atoms with Crippen molar-refractivity contribution in [2.75, 3.05) is 93.2 Å². The number of anilines is 3. The number of hydrogen-bond donors (Lipinski definition) is 0. The maximum absolute atomic E-state index is 12.9. The number of piperazine rings is 3. The smallest absolute Gasteiger partial charge is 0.410 e. The number of amides is 3. The van der Waals surface area contributed by atoms with Crippen LogP contribution in [0.15, 0.2) is 0 Å². The van der Waals surface area contributed by atoms with Gasteiger partial charge in [-0.05, 0) is 99.8 Å². The summed E-state index contributed by atoms with van der Waals surface area (Å²) >= 11 is 0. The third kappa shape index (κ3) is 9.11. The standard InChI is InChI=1S/C36H60N6O6/c1-25-28(37-13-19-40(20-14-37)31(43)46-34(4,5)6)26(2)30(39-17-23-42(24-18-39)33(45)48-36(10,11)12)27(3)29(25)38-15-21-41(22-16-38)32(44)47-35(7,8)9/h13-24H2,1-12H3. The maximum Gasteiger partial charge on any atom is 0.410 e. The van der Waals surface area contributed by atoms with Crippen molar-refractivity contribution in [2.45, 2.75) is 99.9 Å². The normalized spacial score (nSPS) is 18.2. The lowest BCUT2D eigenvalue weighted by molar-refractivity contribution is 0.0230. The van der Waals surface area contributed by atoms with Gasteiger partial charge in [0.25, 0.3) is 0 Å². The molecule has 3 saturated heterocycles. The zero-order valence-electron chi connectivity index (χ0n) is 31.6. The fourth-order valence-electron chi connectivity index (χ4n) is 6.92. The van der Waals surface area contributed by atoms with E-state index in [9.17, 15) is 14.4 Å². The van der Waals surface area contributed by atoms with E-state index in [2.05, 4.69) is 35.5 Å². The summed E-state index contributed by atoms with van der Waals surface area (Å²) in [5.74, 6) is 0. The molecule has 3 amide bonds. The lowest BCUT2D eigenvalue weighted by Gasteiger charge is -2.44. The van der Waals surface area contributed by atoms with Gasteiger partial charge in [0.05, 0.1) is 0 Å². The fraction of sp³-hybridized carbons (Fsp3) is 0.750. The second kappa shape index (κ2) is 14.1. The van der Waals surface area contributed by atoms with Crippen LogP contribution in [0.3, 0.4) is 0 Å². The molecule has 1 aromatic carbocycles.